The van der Waals surface area contributed by atoms with Gasteiger partial charge in [-0.05, 0) is 55.4 Å². The average molecular weight is 299 g/mol. The first-order chi connectivity index (χ1) is 10.3. The van der Waals surface area contributed by atoms with Crippen molar-refractivity contribution in [3.63, 3.8) is 0 Å². The highest BCUT2D eigenvalue weighted by molar-refractivity contribution is 7.10. The molecule has 0 unspecified atom stereocenters. The molecule has 2 nitrogen and oxygen atoms in total. The Bertz CT molecular complexity index is 627. The number of amides is 1. The van der Waals surface area contributed by atoms with E-state index in [2.05, 4.69) is 24.4 Å². The third-order valence-electron chi connectivity index (χ3n) is 4.18. The number of thiophene rings is 1. The minimum Gasteiger partial charge on any atom is -0.322 e. The van der Waals surface area contributed by atoms with E-state index in [9.17, 15) is 4.79 Å². The van der Waals surface area contributed by atoms with Gasteiger partial charge in [-0.1, -0.05) is 25.5 Å². The van der Waals surface area contributed by atoms with Crippen LogP contribution in [0.3, 0.4) is 0 Å². The third kappa shape index (κ3) is 3.18. The maximum Gasteiger partial charge on any atom is 0.256 e. The topological polar surface area (TPSA) is 29.1 Å². The molecule has 0 bridgehead atoms. The number of anilines is 1. The first kappa shape index (κ1) is 14.3. The lowest BCUT2D eigenvalue weighted by Crippen LogP contribution is -2.13. The van der Waals surface area contributed by atoms with Crippen LogP contribution in [0.4, 0.5) is 5.69 Å². The van der Waals surface area contributed by atoms with Gasteiger partial charge in [0.2, 0.25) is 0 Å². The quantitative estimate of drug-likeness (QED) is 0.808. The summed E-state index contributed by atoms with van der Waals surface area (Å²) < 4.78 is 0. The number of carbonyl (C=O) groups excluding carboxylic acids is 1. The predicted molar refractivity (Wildman–Crippen MR) is 89.4 cm³/mol. The lowest BCUT2D eigenvalue weighted by atomic mass is 10.1. The number of carbonyl (C=O) groups is 1. The van der Waals surface area contributed by atoms with Crippen LogP contribution in [0.15, 0.2) is 29.6 Å². The van der Waals surface area contributed by atoms with Crippen LogP contribution in [0.5, 0.6) is 0 Å². The maximum absolute atomic E-state index is 12.5. The molecule has 3 rings (SSSR count). The van der Waals surface area contributed by atoms with E-state index in [-0.39, 0.29) is 5.91 Å². The van der Waals surface area contributed by atoms with Gasteiger partial charge in [0.25, 0.3) is 5.91 Å². The van der Waals surface area contributed by atoms with Crippen LogP contribution in [-0.4, -0.2) is 5.91 Å². The second kappa shape index (κ2) is 6.44. The van der Waals surface area contributed by atoms with E-state index in [4.69, 9.17) is 0 Å². The Balaban J connectivity index is 1.77. The predicted octanol–water partition coefficient (Wildman–Crippen LogP) is 4.83. The summed E-state index contributed by atoms with van der Waals surface area (Å²) in [7, 11) is 0. The van der Waals surface area contributed by atoms with Crippen molar-refractivity contribution in [2.24, 2.45) is 0 Å². The second-order valence-corrected chi connectivity index (χ2v) is 6.58. The van der Waals surface area contributed by atoms with E-state index >= 15 is 0 Å². The molecule has 0 saturated heterocycles. The van der Waals surface area contributed by atoms with E-state index in [1.165, 1.54) is 35.3 Å². The van der Waals surface area contributed by atoms with Crippen molar-refractivity contribution in [3.05, 3.63) is 51.2 Å². The number of aryl methyl sites for hydroxylation is 2. The number of hydrogen-bond acceptors (Lipinski definition) is 2. The Morgan fingerprint density at radius 1 is 1.14 bits per heavy atom. The molecule has 0 fully saturated rings. The second-order valence-electron chi connectivity index (χ2n) is 5.62. The molecule has 3 heteroatoms. The van der Waals surface area contributed by atoms with Crippen molar-refractivity contribution in [1.29, 1.82) is 0 Å². The van der Waals surface area contributed by atoms with Crippen LogP contribution in [0.1, 0.15) is 52.5 Å². The van der Waals surface area contributed by atoms with Gasteiger partial charge in [0.15, 0.2) is 0 Å². The standard InChI is InChI=1S/C18H21NOS/c1-2-13-8-10-14(11-9-13)19-18(20)16-12-21-17-7-5-3-4-6-15(16)17/h8-12H,2-7H2,1H3,(H,19,20). The number of nitrogens with one attached hydrogen (secondary N) is 1. The average Bonchev–Trinajstić information content (AvgIpc) is 2.77. The molecular weight excluding hydrogens is 278 g/mol. The molecule has 0 atom stereocenters. The van der Waals surface area contributed by atoms with E-state index in [0.29, 0.717) is 0 Å². The molecule has 1 amide bonds. The zero-order chi connectivity index (χ0) is 14.7. The SMILES string of the molecule is CCc1ccc(NC(=O)c2csc3c2CCCCC3)cc1. The van der Waals surface area contributed by atoms with E-state index in [0.717, 1.165) is 30.5 Å². The van der Waals surface area contributed by atoms with E-state index in [1.54, 1.807) is 11.3 Å². The van der Waals surface area contributed by atoms with Crippen LogP contribution in [0.2, 0.25) is 0 Å². The Hall–Kier alpha value is -1.61. The van der Waals surface area contributed by atoms with E-state index < -0.39 is 0 Å². The largest absolute Gasteiger partial charge is 0.322 e. The molecule has 2 aromatic rings. The summed E-state index contributed by atoms with van der Waals surface area (Å²) >= 11 is 1.75. The molecule has 1 heterocycles. The molecule has 1 aromatic carbocycles. The zero-order valence-electron chi connectivity index (χ0n) is 12.4. The lowest BCUT2D eigenvalue weighted by molar-refractivity contribution is 0.102. The fourth-order valence-corrected chi connectivity index (χ4v) is 4.01. The molecule has 0 radical (unpaired) electrons. The lowest BCUT2D eigenvalue weighted by Gasteiger charge is -2.07. The first-order valence-corrected chi connectivity index (χ1v) is 8.65. The molecule has 1 aliphatic carbocycles. The van der Waals surface area contributed by atoms with Gasteiger partial charge in [-0.3, -0.25) is 4.79 Å². The monoisotopic (exact) mass is 299 g/mol. The highest BCUT2D eigenvalue weighted by atomic mass is 32.1. The van der Waals surface area contributed by atoms with Crippen molar-refractivity contribution >= 4 is 22.9 Å². The number of hydrogen-bond donors (Lipinski definition) is 1. The highest BCUT2D eigenvalue weighted by Gasteiger charge is 2.19. The van der Waals surface area contributed by atoms with Gasteiger partial charge >= 0.3 is 0 Å². The maximum atomic E-state index is 12.5. The zero-order valence-corrected chi connectivity index (χ0v) is 13.3. The minimum atomic E-state index is 0.0404. The van der Waals surface area contributed by atoms with Crippen LogP contribution in [0.25, 0.3) is 0 Å². The van der Waals surface area contributed by atoms with Gasteiger partial charge in [-0.25, -0.2) is 0 Å². The van der Waals surface area contributed by atoms with Crippen molar-refractivity contribution in [2.45, 2.75) is 45.4 Å². The Morgan fingerprint density at radius 3 is 2.67 bits per heavy atom. The molecular formula is C18H21NOS. The van der Waals surface area contributed by atoms with Gasteiger partial charge in [-0.2, -0.15) is 0 Å². The number of fused-ring (bicyclic) bond motifs is 1. The molecule has 0 saturated carbocycles. The molecule has 0 aliphatic heterocycles. The summed E-state index contributed by atoms with van der Waals surface area (Å²) in [6, 6.07) is 8.12. The molecule has 1 aliphatic rings. The molecule has 110 valence electrons. The smallest absolute Gasteiger partial charge is 0.256 e. The van der Waals surface area contributed by atoms with E-state index in [1.807, 2.05) is 17.5 Å². The van der Waals surface area contributed by atoms with Crippen LogP contribution in [0, 0.1) is 0 Å². The summed E-state index contributed by atoms with van der Waals surface area (Å²) in [5.74, 6) is 0.0404. The fraction of sp³-hybridized carbons (Fsp3) is 0.389. The Labute approximate surface area is 130 Å². The van der Waals surface area contributed by atoms with Crippen LogP contribution in [-0.2, 0) is 19.3 Å². The van der Waals surface area contributed by atoms with Crippen molar-refractivity contribution in [1.82, 2.24) is 0 Å². The molecule has 1 aromatic heterocycles. The third-order valence-corrected chi connectivity index (χ3v) is 5.26. The van der Waals surface area contributed by atoms with Crippen LogP contribution < -0.4 is 5.32 Å². The summed E-state index contributed by atoms with van der Waals surface area (Å²) in [4.78, 5) is 13.9. The molecule has 0 spiro atoms. The minimum absolute atomic E-state index is 0.0404. The van der Waals surface area contributed by atoms with Gasteiger partial charge in [0.1, 0.15) is 0 Å². The first-order valence-electron chi connectivity index (χ1n) is 7.77. The summed E-state index contributed by atoms with van der Waals surface area (Å²) in [5.41, 5.74) is 4.35. The number of rotatable bonds is 3. The summed E-state index contributed by atoms with van der Waals surface area (Å²) in [6.45, 7) is 2.13. The summed E-state index contributed by atoms with van der Waals surface area (Å²) in [5, 5.41) is 5.07. The Kier molecular flexibility index (Phi) is 4.39. The van der Waals surface area contributed by atoms with Gasteiger partial charge < -0.3 is 5.32 Å². The van der Waals surface area contributed by atoms with Crippen molar-refractivity contribution < 1.29 is 4.79 Å². The molecule has 1 N–H and O–H groups in total. The highest BCUT2D eigenvalue weighted by Crippen LogP contribution is 2.30. The number of benzene rings is 1. The van der Waals surface area contributed by atoms with Crippen molar-refractivity contribution in [3.8, 4) is 0 Å². The Morgan fingerprint density at radius 2 is 1.90 bits per heavy atom. The van der Waals surface area contributed by atoms with Gasteiger partial charge in [-0.15, -0.1) is 11.3 Å². The van der Waals surface area contributed by atoms with Gasteiger partial charge in [0.05, 0.1) is 5.56 Å². The molecule has 21 heavy (non-hydrogen) atoms. The summed E-state index contributed by atoms with van der Waals surface area (Å²) in [6.07, 6.45) is 6.95. The fourth-order valence-electron chi connectivity index (χ4n) is 2.88. The van der Waals surface area contributed by atoms with Crippen LogP contribution >= 0.6 is 11.3 Å². The van der Waals surface area contributed by atoms with Crippen molar-refractivity contribution in [2.75, 3.05) is 5.32 Å². The van der Waals surface area contributed by atoms with Gasteiger partial charge in [0, 0.05) is 15.9 Å². The normalized spacial score (nSPS) is 14.3.